The van der Waals surface area contributed by atoms with Crippen molar-refractivity contribution < 1.29 is 28.4 Å². The molecule has 2 aromatic heterocycles. The van der Waals surface area contributed by atoms with E-state index in [1.54, 1.807) is 76.2 Å². The van der Waals surface area contributed by atoms with Crippen molar-refractivity contribution in [2.45, 2.75) is 33.7 Å². The molecule has 13 heteroatoms. The molecule has 0 unspecified atom stereocenters. The Morgan fingerprint density at radius 1 is 1.09 bits per heavy atom. The zero-order valence-corrected chi connectivity index (χ0v) is 25.7. The second-order valence-corrected chi connectivity index (χ2v) is 11.1. The average Bonchev–Trinajstić information content (AvgIpc) is 3.57. The van der Waals surface area contributed by atoms with Crippen LogP contribution in [-0.4, -0.2) is 34.6 Å². The van der Waals surface area contributed by atoms with E-state index in [9.17, 15) is 24.5 Å². The van der Waals surface area contributed by atoms with Crippen molar-refractivity contribution in [2.24, 2.45) is 4.99 Å². The molecule has 2 aromatic carbocycles. The number of furan rings is 1. The van der Waals surface area contributed by atoms with Gasteiger partial charge in [-0.3, -0.25) is 19.5 Å². The molecule has 0 saturated heterocycles. The summed E-state index contributed by atoms with van der Waals surface area (Å²) in [5.74, 6) is -0.450. The number of allylic oxidation sites excluding steroid dienone is 1. The zero-order chi connectivity index (χ0) is 31.7. The summed E-state index contributed by atoms with van der Waals surface area (Å²) in [5.41, 5.74) is 1.43. The molecule has 0 N–H and O–H groups in total. The standard InChI is InChI=1S/C31H26ClN3O8S/c1-5-41-29(37)21-13-18(9-11-22(21)32)24-12-10-20(43-24)15-25-28(36)34-27(19-8-7-16(3)23(14-19)35(39)40)26(30(38)42-6-2)17(4)33-31(34)44-25/h7-15,27H,5-6H2,1-4H3/b25-15+/t27-/m0/s1. The molecule has 226 valence electrons. The molecule has 0 saturated carbocycles. The minimum Gasteiger partial charge on any atom is -0.463 e. The predicted octanol–water partition coefficient (Wildman–Crippen LogP) is 5.11. The van der Waals surface area contributed by atoms with Gasteiger partial charge in [0.15, 0.2) is 4.80 Å². The SMILES string of the molecule is CCOC(=O)C1=C(C)N=c2s/c(=C/c3ccc(-c4ccc(Cl)c(C(=O)OCC)c4)o3)c(=O)n2[C@H]1c1ccc(C)c([N+](=O)[O-])c1. The third kappa shape index (κ3) is 5.73. The first-order valence-corrected chi connectivity index (χ1v) is 14.7. The van der Waals surface area contributed by atoms with E-state index in [1.807, 2.05) is 0 Å². The van der Waals surface area contributed by atoms with Gasteiger partial charge in [-0.15, -0.1) is 0 Å². The molecule has 44 heavy (non-hydrogen) atoms. The Morgan fingerprint density at radius 2 is 1.82 bits per heavy atom. The first-order valence-electron chi connectivity index (χ1n) is 13.6. The number of hydrogen-bond acceptors (Lipinski definition) is 10. The Bertz CT molecular complexity index is 2040. The summed E-state index contributed by atoms with van der Waals surface area (Å²) in [6.07, 6.45) is 1.55. The molecular weight excluding hydrogens is 610 g/mol. The van der Waals surface area contributed by atoms with E-state index < -0.39 is 28.5 Å². The fourth-order valence-corrected chi connectivity index (χ4v) is 6.08. The smallest absolute Gasteiger partial charge is 0.339 e. The second kappa shape index (κ2) is 12.4. The van der Waals surface area contributed by atoms with E-state index in [0.29, 0.717) is 38.7 Å². The van der Waals surface area contributed by atoms with Crippen LogP contribution in [0.5, 0.6) is 0 Å². The molecule has 0 amide bonds. The minimum atomic E-state index is -1.01. The van der Waals surface area contributed by atoms with Crippen LogP contribution in [0.4, 0.5) is 5.69 Å². The Balaban J connectivity index is 1.61. The molecule has 0 bridgehead atoms. The van der Waals surface area contributed by atoms with Crippen molar-refractivity contribution in [3.05, 3.63) is 117 Å². The zero-order valence-electron chi connectivity index (χ0n) is 24.1. The van der Waals surface area contributed by atoms with Gasteiger partial charge in [0.25, 0.3) is 11.2 Å². The van der Waals surface area contributed by atoms with Crippen LogP contribution >= 0.6 is 22.9 Å². The van der Waals surface area contributed by atoms with Gasteiger partial charge in [-0.1, -0.05) is 35.1 Å². The predicted molar refractivity (Wildman–Crippen MR) is 163 cm³/mol. The van der Waals surface area contributed by atoms with Crippen LogP contribution in [0.1, 0.15) is 54.1 Å². The normalized spacial score (nSPS) is 14.7. The van der Waals surface area contributed by atoms with E-state index in [2.05, 4.69) is 4.99 Å². The molecule has 1 aliphatic rings. The number of esters is 2. The maximum Gasteiger partial charge on any atom is 0.339 e. The Labute approximate surface area is 259 Å². The van der Waals surface area contributed by atoms with Crippen molar-refractivity contribution in [3.63, 3.8) is 0 Å². The number of carbonyl (C=O) groups is 2. The number of aromatic nitrogens is 1. The summed E-state index contributed by atoms with van der Waals surface area (Å²) in [6, 6.07) is 11.8. The van der Waals surface area contributed by atoms with E-state index in [-0.39, 0.29) is 39.6 Å². The highest BCUT2D eigenvalue weighted by molar-refractivity contribution is 7.07. The third-order valence-electron chi connectivity index (χ3n) is 6.91. The highest BCUT2D eigenvalue weighted by Crippen LogP contribution is 2.33. The topological polar surface area (TPSA) is 143 Å². The number of rotatable bonds is 8. The van der Waals surface area contributed by atoms with Gasteiger partial charge in [0, 0.05) is 23.3 Å². The van der Waals surface area contributed by atoms with Gasteiger partial charge >= 0.3 is 11.9 Å². The van der Waals surface area contributed by atoms with Gasteiger partial charge in [-0.05, 0) is 63.6 Å². The Hall–Kier alpha value is -4.81. The number of nitro benzene ring substituents is 1. The van der Waals surface area contributed by atoms with E-state index in [1.165, 1.54) is 10.6 Å². The fraction of sp³-hybridized carbons (Fsp3) is 0.226. The number of hydrogen-bond donors (Lipinski definition) is 0. The van der Waals surface area contributed by atoms with Crippen molar-refractivity contribution in [1.29, 1.82) is 0 Å². The van der Waals surface area contributed by atoms with E-state index >= 15 is 0 Å². The van der Waals surface area contributed by atoms with E-state index in [0.717, 1.165) is 11.3 Å². The molecule has 4 aromatic rings. The number of nitrogens with zero attached hydrogens (tertiary/aromatic N) is 3. The number of aryl methyl sites for hydroxylation is 1. The summed E-state index contributed by atoms with van der Waals surface area (Å²) in [5, 5.41) is 12.0. The van der Waals surface area contributed by atoms with Gasteiger partial charge in [0.05, 0.1) is 50.6 Å². The van der Waals surface area contributed by atoms with Crippen LogP contribution < -0.4 is 14.9 Å². The Kier molecular flexibility index (Phi) is 8.66. The molecule has 0 spiro atoms. The molecule has 1 atom stereocenters. The van der Waals surface area contributed by atoms with Crippen LogP contribution in [0.2, 0.25) is 5.02 Å². The highest BCUT2D eigenvalue weighted by Gasteiger charge is 2.34. The maximum atomic E-state index is 13.9. The van der Waals surface area contributed by atoms with Crippen molar-refractivity contribution >= 4 is 46.6 Å². The van der Waals surface area contributed by atoms with Crippen LogP contribution in [0.15, 0.2) is 74.0 Å². The largest absolute Gasteiger partial charge is 0.463 e. The van der Waals surface area contributed by atoms with Crippen molar-refractivity contribution in [2.75, 3.05) is 13.2 Å². The monoisotopic (exact) mass is 635 g/mol. The molecule has 0 radical (unpaired) electrons. The van der Waals surface area contributed by atoms with Crippen LogP contribution in [-0.2, 0) is 14.3 Å². The van der Waals surface area contributed by atoms with Crippen molar-refractivity contribution in [1.82, 2.24) is 4.57 Å². The number of fused-ring (bicyclic) bond motifs is 1. The number of carbonyl (C=O) groups excluding carboxylic acids is 2. The molecule has 1 aliphatic heterocycles. The number of halogens is 1. The lowest BCUT2D eigenvalue weighted by Crippen LogP contribution is -2.40. The highest BCUT2D eigenvalue weighted by atomic mass is 35.5. The first-order chi connectivity index (χ1) is 21.0. The quantitative estimate of drug-likeness (QED) is 0.148. The molecule has 0 fully saturated rings. The lowest BCUT2D eigenvalue weighted by molar-refractivity contribution is -0.385. The van der Waals surface area contributed by atoms with Gasteiger partial charge in [-0.2, -0.15) is 0 Å². The lowest BCUT2D eigenvalue weighted by Gasteiger charge is -2.24. The molecular formula is C31H26ClN3O8S. The van der Waals surface area contributed by atoms with Gasteiger partial charge in [0.1, 0.15) is 11.5 Å². The number of ether oxygens (including phenoxy) is 2. The average molecular weight is 636 g/mol. The summed E-state index contributed by atoms with van der Waals surface area (Å²) in [6.45, 7) is 6.90. The van der Waals surface area contributed by atoms with Crippen LogP contribution in [0, 0.1) is 17.0 Å². The van der Waals surface area contributed by atoms with Crippen molar-refractivity contribution in [3.8, 4) is 11.3 Å². The maximum absolute atomic E-state index is 13.9. The van der Waals surface area contributed by atoms with Crippen LogP contribution in [0.3, 0.4) is 0 Å². The molecule has 11 nitrogen and oxygen atoms in total. The summed E-state index contributed by atoms with van der Waals surface area (Å²) < 4.78 is 18.0. The molecule has 3 heterocycles. The van der Waals surface area contributed by atoms with Gasteiger partial charge in [0.2, 0.25) is 0 Å². The lowest BCUT2D eigenvalue weighted by atomic mass is 9.94. The van der Waals surface area contributed by atoms with E-state index in [4.69, 9.17) is 25.5 Å². The number of benzene rings is 2. The Morgan fingerprint density at radius 3 is 2.52 bits per heavy atom. The van der Waals surface area contributed by atoms with Gasteiger partial charge < -0.3 is 13.9 Å². The van der Waals surface area contributed by atoms with Gasteiger partial charge in [-0.25, -0.2) is 14.6 Å². The third-order valence-corrected chi connectivity index (χ3v) is 8.22. The number of nitro groups is 1. The summed E-state index contributed by atoms with van der Waals surface area (Å²) in [7, 11) is 0. The fourth-order valence-electron chi connectivity index (χ4n) is 4.86. The summed E-state index contributed by atoms with van der Waals surface area (Å²) >= 11 is 7.28. The minimum absolute atomic E-state index is 0.0938. The second-order valence-electron chi connectivity index (χ2n) is 9.72. The number of thiazole rings is 1. The summed E-state index contributed by atoms with van der Waals surface area (Å²) in [4.78, 5) is 55.4. The first kappa shape index (κ1) is 30.6. The molecule has 5 rings (SSSR count). The van der Waals surface area contributed by atoms with Crippen LogP contribution in [0.25, 0.3) is 17.4 Å². The molecule has 0 aliphatic carbocycles.